The number of para-hydroxylation sites is 1. The van der Waals surface area contributed by atoms with Crippen molar-refractivity contribution < 1.29 is 17.6 Å². The number of carbonyl (C=O) groups excluding carboxylic acids is 1. The third-order valence-corrected chi connectivity index (χ3v) is 6.23. The lowest BCUT2D eigenvalue weighted by Crippen LogP contribution is -2.35. The molecule has 29 heavy (non-hydrogen) atoms. The van der Waals surface area contributed by atoms with E-state index < -0.39 is 21.7 Å². The molecule has 0 aliphatic rings. The monoisotopic (exact) mass is 412 g/mol. The van der Waals surface area contributed by atoms with Gasteiger partial charge in [-0.1, -0.05) is 48.5 Å². The predicted octanol–water partition coefficient (Wildman–Crippen LogP) is 3.68. The minimum absolute atomic E-state index is 0.0707. The minimum Gasteiger partial charge on any atom is -0.325 e. The summed E-state index contributed by atoms with van der Waals surface area (Å²) in [5.74, 6) is -0.988. The van der Waals surface area contributed by atoms with Gasteiger partial charge >= 0.3 is 0 Å². The lowest BCUT2D eigenvalue weighted by molar-refractivity contribution is -0.116. The zero-order valence-corrected chi connectivity index (χ0v) is 16.7. The van der Waals surface area contributed by atoms with E-state index in [9.17, 15) is 17.6 Å². The summed E-state index contributed by atoms with van der Waals surface area (Å²) in [7, 11) is -2.58. The number of sulfonamides is 1. The summed E-state index contributed by atoms with van der Waals surface area (Å²) in [6, 6.07) is 21.7. The Morgan fingerprint density at radius 1 is 0.931 bits per heavy atom. The molecule has 0 fully saturated rings. The molecule has 0 unspecified atom stereocenters. The Labute approximate surface area is 169 Å². The summed E-state index contributed by atoms with van der Waals surface area (Å²) in [6.07, 6.45) is 0.640. The predicted molar refractivity (Wildman–Crippen MR) is 111 cm³/mol. The lowest BCUT2D eigenvalue weighted by Gasteiger charge is -2.18. The van der Waals surface area contributed by atoms with Crippen LogP contribution < -0.4 is 5.32 Å². The van der Waals surface area contributed by atoms with Crippen LogP contribution in [0.4, 0.5) is 10.1 Å². The van der Waals surface area contributed by atoms with Crippen LogP contribution in [0.5, 0.6) is 0 Å². The largest absolute Gasteiger partial charge is 0.325 e. The zero-order chi connectivity index (χ0) is 20.9. The van der Waals surface area contributed by atoms with Crippen LogP contribution in [0.15, 0.2) is 83.8 Å². The van der Waals surface area contributed by atoms with Crippen molar-refractivity contribution in [3.8, 4) is 0 Å². The van der Waals surface area contributed by atoms with E-state index in [1.165, 1.54) is 19.2 Å². The molecule has 0 saturated carbocycles. The van der Waals surface area contributed by atoms with Crippen LogP contribution in [0, 0.1) is 5.82 Å². The smallest absolute Gasteiger partial charge is 0.243 e. The van der Waals surface area contributed by atoms with E-state index in [0.717, 1.165) is 27.6 Å². The van der Waals surface area contributed by atoms with Gasteiger partial charge in [-0.05, 0) is 47.9 Å². The number of hydrogen-bond donors (Lipinski definition) is 1. The normalized spacial score (nSPS) is 11.4. The van der Waals surface area contributed by atoms with Crippen LogP contribution in [0.25, 0.3) is 0 Å². The van der Waals surface area contributed by atoms with E-state index in [2.05, 4.69) is 5.32 Å². The number of amides is 1. The van der Waals surface area contributed by atoms with Crippen LogP contribution in [-0.4, -0.2) is 32.2 Å². The highest BCUT2D eigenvalue weighted by Crippen LogP contribution is 2.20. The molecule has 0 saturated heterocycles. The number of benzene rings is 3. The van der Waals surface area contributed by atoms with Crippen molar-refractivity contribution in [3.63, 3.8) is 0 Å². The molecule has 3 aromatic rings. The number of nitrogens with one attached hydrogen (secondary N) is 1. The lowest BCUT2D eigenvalue weighted by atomic mass is 10.0. The minimum atomic E-state index is -3.90. The van der Waals surface area contributed by atoms with Gasteiger partial charge in [-0.2, -0.15) is 4.31 Å². The van der Waals surface area contributed by atoms with Gasteiger partial charge in [-0.3, -0.25) is 4.79 Å². The highest BCUT2D eigenvalue weighted by molar-refractivity contribution is 7.89. The molecule has 0 aliphatic heterocycles. The average Bonchev–Trinajstić information content (AvgIpc) is 2.70. The Hall–Kier alpha value is -3.03. The number of carbonyl (C=O) groups is 1. The third-order valence-electron chi connectivity index (χ3n) is 4.42. The van der Waals surface area contributed by atoms with Gasteiger partial charge in [0.25, 0.3) is 0 Å². The molecular formula is C22H21FN2O3S. The molecule has 5 nitrogen and oxygen atoms in total. The van der Waals surface area contributed by atoms with Gasteiger partial charge in [-0.25, -0.2) is 12.8 Å². The van der Waals surface area contributed by atoms with Crippen molar-refractivity contribution in [1.82, 2.24) is 4.31 Å². The number of halogens is 1. The Morgan fingerprint density at radius 3 is 2.24 bits per heavy atom. The van der Waals surface area contributed by atoms with E-state index in [1.54, 1.807) is 6.07 Å². The molecule has 0 aromatic heterocycles. The molecule has 3 rings (SSSR count). The second-order valence-electron chi connectivity index (χ2n) is 6.58. The first-order valence-electron chi connectivity index (χ1n) is 9.00. The fourth-order valence-corrected chi connectivity index (χ4v) is 4.00. The molecule has 1 N–H and O–H groups in total. The number of hydrogen-bond acceptors (Lipinski definition) is 3. The van der Waals surface area contributed by atoms with Gasteiger partial charge in [0.05, 0.1) is 11.4 Å². The van der Waals surface area contributed by atoms with Crippen molar-refractivity contribution in [1.29, 1.82) is 0 Å². The first kappa shape index (κ1) is 20.7. The second kappa shape index (κ2) is 8.98. The summed E-state index contributed by atoms with van der Waals surface area (Å²) in [4.78, 5) is 12.4. The van der Waals surface area contributed by atoms with E-state index in [0.29, 0.717) is 12.1 Å². The first-order valence-corrected chi connectivity index (χ1v) is 10.4. The quantitative estimate of drug-likeness (QED) is 0.644. The molecule has 0 bridgehead atoms. The van der Waals surface area contributed by atoms with Crippen molar-refractivity contribution in [2.45, 2.75) is 11.3 Å². The van der Waals surface area contributed by atoms with Crippen LogP contribution in [-0.2, 0) is 21.2 Å². The molecule has 0 heterocycles. The summed E-state index contributed by atoms with van der Waals surface area (Å²) < 4.78 is 39.1. The zero-order valence-electron chi connectivity index (χ0n) is 15.9. The summed E-state index contributed by atoms with van der Waals surface area (Å²) in [5.41, 5.74) is 2.66. The maximum absolute atomic E-state index is 13.0. The highest BCUT2D eigenvalue weighted by atomic mass is 32.2. The average molecular weight is 412 g/mol. The summed E-state index contributed by atoms with van der Waals surface area (Å²) in [5, 5.41) is 2.79. The molecule has 0 aliphatic carbocycles. The molecule has 150 valence electrons. The molecule has 0 radical (unpaired) electrons. The van der Waals surface area contributed by atoms with Crippen molar-refractivity contribution >= 4 is 21.6 Å². The fraction of sp³-hybridized carbons (Fsp3) is 0.136. The summed E-state index contributed by atoms with van der Waals surface area (Å²) >= 11 is 0. The van der Waals surface area contributed by atoms with Gasteiger partial charge in [0, 0.05) is 12.7 Å². The first-order chi connectivity index (χ1) is 13.9. The van der Waals surface area contributed by atoms with E-state index in [4.69, 9.17) is 0 Å². The standard InChI is InChI=1S/C22H21FN2O3S/c1-25(29(27,28)20-13-11-19(23)12-14-20)16-22(26)24-21-10-6-5-9-18(21)15-17-7-3-2-4-8-17/h2-14H,15-16H2,1H3,(H,24,26). The van der Waals surface area contributed by atoms with Crippen LogP contribution >= 0.6 is 0 Å². The van der Waals surface area contributed by atoms with Gasteiger partial charge < -0.3 is 5.32 Å². The van der Waals surface area contributed by atoms with E-state index in [1.807, 2.05) is 48.5 Å². The Bertz CT molecular complexity index is 1080. The van der Waals surface area contributed by atoms with Crippen LogP contribution in [0.2, 0.25) is 0 Å². The van der Waals surface area contributed by atoms with Gasteiger partial charge in [0.1, 0.15) is 5.82 Å². The van der Waals surface area contributed by atoms with Crippen LogP contribution in [0.3, 0.4) is 0 Å². The Morgan fingerprint density at radius 2 is 1.55 bits per heavy atom. The van der Waals surface area contributed by atoms with Crippen molar-refractivity contribution in [2.75, 3.05) is 18.9 Å². The Kier molecular flexibility index (Phi) is 6.41. The summed E-state index contributed by atoms with van der Waals surface area (Å²) in [6.45, 7) is -0.362. The number of nitrogens with zero attached hydrogens (tertiary/aromatic N) is 1. The van der Waals surface area contributed by atoms with E-state index >= 15 is 0 Å². The molecule has 1 amide bonds. The van der Waals surface area contributed by atoms with Gasteiger partial charge in [0.15, 0.2) is 0 Å². The Balaban J connectivity index is 1.70. The van der Waals surface area contributed by atoms with Crippen molar-refractivity contribution in [2.24, 2.45) is 0 Å². The second-order valence-corrected chi connectivity index (χ2v) is 8.63. The number of anilines is 1. The molecule has 0 atom stereocenters. The van der Waals surface area contributed by atoms with Gasteiger partial charge in [-0.15, -0.1) is 0 Å². The maximum Gasteiger partial charge on any atom is 0.243 e. The van der Waals surface area contributed by atoms with E-state index in [-0.39, 0.29) is 11.4 Å². The third kappa shape index (κ3) is 5.28. The fourth-order valence-electron chi connectivity index (χ4n) is 2.88. The molecular weight excluding hydrogens is 391 g/mol. The van der Waals surface area contributed by atoms with Gasteiger partial charge in [0.2, 0.25) is 15.9 Å². The number of likely N-dealkylation sites (N-methyl/N-ethyl adjacent to an activating group) is 1. The SMILES string of the molecule is CN(CC(=O)Nc1ccccc1Cc1ccccc1)S(=O)(=O)c1ccc(F)cc1. The topological polar surface area (TPSA) is 66.5 Å². The molecule has 0 spiro atoms. The maximum atomic E-state index is 13.0. The van der Waals surface area contributed by atoms with Crippen molar-refractivity contribution in [3.05, 3.63) is 95.8 Å². The van der Waals surface area contributed by atoms with Crippen LogP contribution in [0.1, 0.15) is 11.1 Å². The number of rotatable bonds is 7. The molecule has 7 heteroatoms. The highest BCUT2D eigenvalue weighted by Gasteiger charge is 2.23. The molecule has 3 aromatic carbocycles.